The lowest BCUT2D eigenvalue weighted by Crippen LogP contribution is -2.60. The second-order valence-electron chi connectivity index (χ2n) is 15.3. The Labute approximate surface area is 299 Å². The molecule has 5 unspecified atom stereocenters. The van der Waals surface area contributed by atoms with E-state index in [-0.39, 0.29) is 48.6 Å². The van der Waals surface area contributed by atoms with Gasteiger partial charge < -0.3 is 19.7 Å². The van der Waals surface area contributed by atoms with E-state index < -0.39 is 41.6 Å². The zero-order valence-electron chi connectivity index (χ0n) is 30.6. The van der Waals surface area contributed by atoms with E-state index in [0.29, 0.717) is 19.4 Å². The molecule has 0 aromatic rings. The fourth-order valence-corrected chi connectivity index (χ4v) is 9.25. The number of esters is 2. The van der Waals surface area contributed by atoms with Crippen molar-refractivity contribution in [2.24, 2.45) is 29.1 Å². The van der Waals surface area contributed by atoms with E-state index in [1.54, 1.807) is 12.2 Å². The van der Waals surface area contributed by atoms with E-state index >= 15 is 0 Å². The first kappa shape index (κ1) is 39.9. The number of unbranched alkanes of at least 4 members (excludes halogenated alkanes) is 9. The lowest BCUT2D eigenvalue weighted by atomic mass is 9.49. The average molecular weight is 695 g/mol. The number of carbonyl (C=O) groups excluding carboxylic acids is 4. The van der Waals surface area contributed by atoms with Crippen molar-refractivity contribution < 1.29 is 38.9 Å². The lowest BCUT2D eigenvalue weighted by Gasteiger charge is -2.57. The zero-order chi connectivity index (χ0) is 36.0. The molecule has 0 aromatic carbocycles. The molecule has 2 N–H and O–H groups in total. The Hall–Kier alpha value is -2.84. The lowest BCUT2D eigenvalue weighted by molar-refractivity contribution is -0.175. The summed E-state index contributed by atoms with van der Waals surface area (Å²) in [5.74, 6) is -2.46. The van der Waals surface area contributed by atoms with Crippen LogP contribution in [0, 0.1) is 29.1 Å². The molecule has 7 atom stereocenters. The number of rotatable bonds is 21. The maximum atomic E-state index is 13.3. The van der Waals surface area contributed by atoms with E-state index in [1.165, 1.54) is 44.9 Å². The molecule has 0 heterocycles. The molecule has 50 heavy (non-hydrogen) atoms. The summed E-state index contributed by atoms with van der Waals surface area (Å²) in [6, 6.07) is 0. The van der Waals surface area contributed by atoms with Gasteiger partial charge in [-0.05, 0) is 88.2 Å². The highest BCUT2D eigenvalue weighted by Crippen LogP contribution is 2.63. The monoisotopic (exact) mass is 694 g/mol. The quantitative estimate of drug-likeness (QED) is 0.0707. The van der Waals surface area contributed by atoms with Crippen LogP contribution in [0.25, 0.3) is 0 Å². The molecule has 0 spiro atoms. The van der Waals surface area contributed by atoms with E-state index in [1.807, 2.05) is 6.08 Å². The van der Waals surface area contributed by atoms with Gasteiger partial charge >= 0.3 is 11.9 Å². The molecule has 8 nitrogen and oxygen atoms in total. The summed E-state index contributed by atoms with van der Waals surface area (Å²) in [7, 11) is 0. The number of carbonyl (C=O) groups is 4. The topological polar surface area (TPSA) is 127 Å². The Kier molecular flexibility index (Phi) is 15.7. The normalized spacial score (nSPS) is 30.2. The van der Waals surface area contributed by atoms with Crippen LogP contribution in [0.1, 0.15) is 136 Å². The van der Waals surface area contributed by atoms with Crippen molar-refractivity contribution in [3.8, 4) is 0 Å². The number of aliphatic hydroxyl groups is 2. The Balaban J connectivity index is 1.05. The van der Waals surface area contributed by atoms with Crippen LogP contribution in [0.15, 0.2) is 48.1 Å². The molecule has 0 bridgehead atoms. The molecule has 0 saturated heterocycles. The summed E-state index contributed by atoms with van der Waals surface area (Å²) in [5, 5.41) is 23.3. The van der Waals surface area contributed by atoms with Crippen molar-refractivity contribution >= 4 is 23.5 Å². The second kappa shape index (κ2) is 19.7. The number of aliphatic hydroxyl groups excluding tert-OH is 1. The number of allylic oxidation sites excluding steroid dienone is 8. The van der Waals surface area contributed by atoms with E-state index in [9.17, 15) is 29.4 Å². The van der Waals surface area contributed by atoms with E-state index in [2.05, 4.69) is 38.2 Å². The number of ether oxygens (including phenoxy) is 2. The molecule has 4 aliphatic carbocycles. The zero-order valence-corrected chi connectivity index (χ0v) is 30.6. The predicted octanol–water partition coefficient (Wildman–Crippen LogP) is 7.86. The summed E-state index contributed by atoms with van der Waals surface area (Å²) in [6.45, 7) is 4.17. The van der Waals surface area contributed by atoms with Gasteiger partial charge in [-0.2, -0.15) is 0 Å². The third-order valence-corrected chi connectivity index (χ3v) is 11.9. The highest BCUT2D eigenvalue weighted by atomic mass is 16.5. The van der Waals surface area contributed by atoms with Crippen LogP contribution in [0.5, 0.6) is 0 Å². The Morgan fingerprint density at radius 3 is 2.26 bits per heavy atom. The van der Waals surface area contributed by atoms with Crippen molar-refractivity contribution in [1.82, 2.24) is 0 Å². The van der Waals surface area contributed by atoms with Gasteiger partial charge in [0.25, 0.3) is 0 Å². The van der Waals surface area contributed by atoms with Crippen LogP contribution >= 0.6 is 0 Å². The molecule has 3 fully saturated rings. The summed E-state index contributed by atoms with van der Waals surface area (Å²) >= 11 is 0. The summed E-state index contributed by atoms with van der Waals surface area (Å²) in [4.78, 5) is 49.8. The minimum atomic E-state index is -1.36. The molecule has 8 heteroatoms. The molecule has 0 aliphatic heterocycles. The molecule has 4 aliphatic rings. The van der Waals surface area contributed by atoms with E-state index in [4.69, 9.17) is 9.47 Å². The smallest absolute Gasteiger partial charge is 0.306 e. The fourth-order valence-electron chi connectivity index (χ4n) is 9.25. The number of ketones is 2. The molecule has 0 amide bonds. The van der Waals surface area contributed by atoms with Crippen molar-refractivity contribution in [3.05, 3.63) is 48.1 Å². The summed E-state index contributed by atoms with van der Waals surface area (Å²) < 4.78 is 10.5. The Morgan fingerprint density at radius 2 is 1.54 bits per heavy atom. The first-order valence-electron chi connectivity index (χ1n) is 19.6. The van der Waals surface area contributed by atoms with Gasteiger partial charge in [-0.3, -0.25) is 19.2 Å². The average Bonchev–Trinajstić information content (AvgIpc) is 3.44. The van der Waals surface area contributed by atoms with E-state index in [0.717, 1.165) is 50.5 Å². The van der Waals surface area contributed by atoms with Gasteiger partial charge in [-0.15, -0.1) is 0 Å². The van der Waals surface area contributed by atoms with Crippen LogP contribution in [0.4, 0.5) is 0 Å². The summed E-state index contributed by atoms with van der Waals surface area (Å²) in [5.41, 5.74) is -0.769. The largest absolute Gasteiger partial charge is 0.466 e. The van der Waals surface area contributed by atoms with Crippen molar-refractivity contribution in [2.75, 3.05) is 13.2 Å². The van der Waals surface area contributed by atoms with Crippen molar-refractivity contribution in [1.29, 1.82) is 0 Å². The molecular weight excluding hydrogens is 632 g/mol. The van der Waals surface area contributed by atoms with Gasteiger partial charge in [0.05, 0.1) is 37.1 Å². The molecule has 0 aromatic heterocycles. The van der Waals surface area contributed by atoms with Gasteiger partial charge in [0.15, 0.2) is 11.6 Å². The third kappa shape index (κ3) is 10.6. The fraction of sp³-hybridized carbons (Fsp3) is 0.714. The van der Waals surface area contributed by atoms with Gasteiger partial charge in [0, 0.05) is 17.8 Å². The predicted molar refractivity (Wildman–Crippen MR) is 194 cm³/mol. The van der Waals surface area contributed by atoms with Crippen LogP contribution in [0.2, 0.25) is 0 Å². The first-order chi connectivity index (χ1) is 24.1. The number of fused-ring (bicyclic) bond motifs is 5. The second-order valence-corrected chi connectivity index (χ2v) is 15.3. The van der Waals surface area contributed by atoms with Gasteiger partial charge in [-0.25, -0.2) is 0 Å². The van der Waals surface area contributed by atoms with Gasteiger partial charge in [0.2, 0.25) is 0 Å². The third-order valence-electron chi connectivity index (χ3n) is 11.9. The van der Waals surface area contributed by atoms with Crippen LogP contribution < -0.4 is 0 Å². The molecule has 0 radical (unpaired) electrons. The highest BCUT2D eigenvalue weighted by molar-refractivity contribution is 6.01. The van der Waals surface area contributed by atoms with Crippen LogP contribution in [-0.2, 0) is 28.7 Å². The Morgan fingerprint density at radius 1 is 0.880 bits per heavy atom. The van der Waals surface area contributed by atoms with Crippen molar-refractivity contribution in [2.45, 2.75) is 148 Å². The number of Topliss-reactive ketones (excluding diaryl/α,β-unsaturated/α-hetero) is 1. The number of hydrogen-bond acceptors (Lipinski definition) is 8. The SMILES string of the molecule is CCCCC/C=C\C/C=C\CCCCCCCCOC(=O)CCC(=O)OCC(=O)[C@H]1CCC2[C@@H]3CCC4=CC(=O)C=CC4(C)C3C(O)CC21O. The Bertz CT molecular complexity index is 1280. The highest BCUT2D eigenvalue weighted by Gasteiger charge is 2.64. The molecule has 278 valence electrons. The maximum absolute atomic E-state index is 13.3. The molecule has 3 saturated carbocycles. The van der Waals surface area contributed by atoms with Crippen LogP contribution in [-0.4, -0.2) is 58.6 Å². The van der Waals surface area contributed by atoms with Crippen molar-refractivity contribution in [3.63, 3.8) is 0 Å². The first-order valence-corrected chi connectivity index (χ1v) is 19.6. The molecule has 4 rings (SSSR count). The van der Waals surface area contributed by atoms with Gasteiger partial charge in [-0.1, -0.05) is 88.3 Å². The standard InChI is InChI=1S/C42H62O8/c1-3-4-5-6-7-8-9-10-11-12-13-14-15-16-17-18-27-49-38(46)23-24-39(47)50-30-37(45)35-22-21-34-33-20-19-31-28-32(43)25-26-41(31,2)40(33)36(44)29-42(34,35)48/h7-8,10-11,25-26,28,33-36,40,44,48H,3-6,9,12-24,27,29-30H2,1-2H3/b8-7-,11-10-/t33-,34?,35+,36?,40?,41?,42?/m0/s1. The minimum absolute atomic E-state index is 0.0187. The molecular formula is C42H62O8. The summed E-state index contributed by atoms with van der Waals surface area (Å²) in [6.07, 6.45) is 29.5. The van der Waals surface area contributed by atoms with Crippen LogP contribution in [0.3, 0.4) is 0 Å². The van der Waals surface area contributed by atoms with Gasteiger partial charge in [0.1, 0.15) is 6.61 Å². The maximum Gasteiger partial charge on any atom is 0.306 e. The number of hydrogen-bond donors (Lipinski definition) is 2. The minimum Gasteiger partial charge on any atom is -0.466 e.